The lowest BCUT2D eigenvalue weighted by molar-refractivity contribution is 0.464. The fourth-order valence-electron chi connectivity index (χ4n) is 1.57. The molecule has 0 nitrogen and oxygen atoms in total. The molecule has 0 saturated carbocycles. The fraction of sp³-hybridized carbons (Fsp3) is 0.700. The van der Waals surface area contributed by atoms with Crippen molar-refractivity contribution in [3.8, 4) is 0 Å². The molecule has 0 bridgehead atoms. The van der Waals surface area contributed by atoms with E-state index in [1.54, 1.807) is 5.57 Å². The van der Waals surface area contributed by atoms with E-state index in [0.717, 1.165) is 5.92 Å². The first kappa shape index (κ1) is 7.84. The van der Waals surface area contributed by atoms with Gasteiger partial charge in [0.05, 0.1) is 0 Å². The van der Waals surface area contributed by atoms with Gasteiger partial charge < -0.3 is 0 Å². The summed E-state index contributed by atoms with van der Waals surface area (Å²) >= 11 is 0. The van der Waals surface area contributed by atoms with Gasteiger partial charge in [-0.3, -0.25) is 0 Å². The number of rotatable bonds is 2. The minimum absolute atomic E-state index is 0.952. The molecule has 1 atom stereocenters. The average molecular weight is 137 g/mol. The second-order valence-corrected chi connectivity index (χ2v) is 3.33. The molecule has 1 rings (SSSR count). The second kappa shape index (κ2) is 3.80. The van der Waals surface area contributed by atoms with E-state index in [2.05, 4.69) is 26.3 Å². The van der Waals surface area contributed by atoms with Gasteiger partial charge in [0.25, 0.3) is 0 Å². The van der Waals surface area contributed by atoms with Crippen molar-refractivity contribution in [2.45, 2.75) is 39.5 Å². The molecule has 10 heavy (non-hydrogen) atoms. The van der Waals surface area contributed by atoms with Crippen molar-refractivity contribution in [2.75, 3.05) is 0 Å². The largest absolute Gasteiger partial charge is 0.0853 e. The number of hydrogen-bond donors (Lipinski definition) is 0. The maximum absolute atomic E-state index is 2.40. The van der Waals surface area contributed by atoms with Crippen LogP contribution in [0.5, 0.6) is 0 Å². The Morgan fingerprint density at radius 3 is 3.00 bits per heavy atom. The predicted molar refractivity (Wildman–Crippen MR) is 45.7 cm³/mol. The van der Waals surface area contributed by atoms with Crippen LogP contribution >= 0.6 is 0 Å². The van der Waals surface area contributed by atoms with Gasteiger partial charge in [-0.2, -0.15) is 0 Å². The Labute approximate surface area is 64.3 Å². The highest BCUT2D eigenvalue weighted by Gasteiger charge is 2.10. The first-order chi connectivity index (χ1) is 4.83. The zero-order chi connectivity index (χ0) is 7.40. The Morgan fingerprint density at radius 2 is 2.50 bits per heavy atom. The summed E-state index contributed by atoms with van der Waals surface area (Å²) in [7, 11) is 0. The molecule has 0 spiro atoms. The van der Waals surface area contributed by atoms with Gasteiger partial charge >= 0.3 is 0 Å². The molecule has 0 aromatic rings. The Morgan fingerprint density at radius 1 is 1.70 bits per heavy atom. The lowest BCUT2D eigenvalue weighted by atomic mass is 9.87. The molecule has 0 aromatic carbocycles. The summed E-state index contributed by atoms with van der Waals surface area (Å²) in [5.41, 5.74) is 1.59. The Hall–Kier alpha value is -0.260. The molecule has 0 fully saturated rings. The van der Waals surface area contributed by atoms with Crippen molar-refractivity contribution < 1.29 is 0 Å². The van der Waals surface area contributed by atoms with Crippen LogP contribution in [0.3, 0.4) is 0 Å². The molecule has 0 heterocycles. The normalized spacial score (nSPS) is 26.2. The monoisotopic (exact) mass is 137 g/mol. The van der Waals surface area contributed by atoms with E-state index in [0.29, 0.717) is 0 Å². The number of hydrogen-bond acceptors (Lipinski definition) is 0. The number of allylic oxidation sites excluding steroid dienone is 2. The molecule has 0 amide bonds. The summed E-state index contributed by atoms with van der Waals surface area (Å²) in [6.07, 6.45) is 10.1. The van der Waals surface area contributed by atoms with Crippen LogP contribution < -0.4 is 0 Å². The Kier molecular flexibility index (Phi) is 2.98. The first-order valence-electron chi connectivity index (χ1n) is 4.26. The van der Waals surface area contributed by atoms with Gasteiger partial charge in [0.2, 0.25) is 0 Å². The highest BCUT2D eigenvalue weighted by molar-refractivity contribution is 5.03. The molecule has 1 radical (unpaired) electrons. The van der Waals surface area contributed by atoms with E-state index in [9.17, 15) is 0 Å². The third-order valence-electron chi connectivity index (χ3n) is 2.32. The topological polar surface area (TPSA) is 0 Å². The van der Waals surface area contributed by atoms with Crippen molar-refractivity contribution in [1.29, 1.82) is 0 Å². The van der Waals surface area contributed by atoms with Crippen LogP contribution in [0.15, 0.2) is 11.6 Å². The van der Waals surface area contributed by atoms with Crippen LogP contribution in [0.2, 0.25) is 0 Å². The molecular formula is C10H17. The summed E-state index contributed by atoms with van der Waals surface area (Å²) in [5.74, 6) is 0.952. The summed E-state index contributed by atoms with van der Waals surface area (Å²) in [6, 6.07) is 0. The summed E-state index contributed by atoms with van der Waals surface area (Å²) in [4.78, 5) is 0. The molecule has 0 N–H and O–H groups in total. The third-order valence-corrected chi connectivity index (χ3v) is 2.32. The SMILES string of the molecule is C[CH]CC1CC=C(C)CC1. The maximum Gasteiger partial charge on any atom is -0.0319 e. The second-order valence-electron chi connectivity index (χ2n) is 3.33. The van der Waals surface area contributed by atoms with Crippen molar-refractivity contribution >= 4 is 0 Å². The smallest absolute Gasteiger partial charge is 0.0319 e. The van der Waals surface area contributed by atoms with E-state index >= 15 is 0 Å². The molecular weight excluding hydrogens is 120 g/mol. The molecule has 1 aliphatic carbocycles. The summed E-state index contributed by atoms with van der Waals surface area (Å²) in [5, 5.41) is 0. The van der Waals surface area contributed by atoms with Crippen LogP contribution in [0.25, 0.3) is 0 Å². The lowest BCUT2D eigenvalue weighted by Crippen LogP contribution is -2.03. The first-order valence-corrected chi connectivity index (χ1v) is 4.26. The predicted octanol–water partition coefficient (Wildman–Crippen LogP) is 3.35. The molecule has 57 valence electrons. The fourth-order valence-corrected chi connectivity index (χ4v) is 1.57. The third kappa shape index (κ3) is 2.17. The van der Waals surface area contributed by atoms with E-state index < -0.39 is 0 Å². The van der Waals surface area contributed by atoms with Crippen molar-refractivity contribution in [3.63, 3.8) is 0 Å². The van der Waals surface area contributed by atoms with Gasteiger partial charge in [-0.15, -0.1) is 0 Å². The van der Waals surface area contributed by atoms with E-state index in [-0.39, 0.29) is 0 Å². The van der Waals surface area contributed by atoms with Crippen LogP contribution in [-0.4, -0.2) is 0 Å². The van der Waals surface area contributed by atoms with E-state index in [1.165, 1.54) is 25.7 Å². The van der Waals surface area contributed by atoms with Crippen molar-refractivity contribution in [1.82, 2.24) is 0 Å². The van der Waals surface area contributed by atoms with Gasteiger partial charge in [-0.05, 0) is 44.9 Å². The average Bonchev–Trinajstić information content (AvgIpc) is 1.95. The van der Waals surface area contributed by atoms with Crippen molar-refractivity contribution in [3.05, 3.63) is 18.1 Å². The van der Waals surface area contributed by atoms with Gasteiger partial charge in [-0.1, -0.05) is 18.6 Å². The summed E-state index contributed by atoms with van der Waals surface area (Å²) < 4.78 is 0. The minimum atomic E-state index is 0.952. The molecule has 0 heteroatoms. The Bertz CT molecular complexity index is 122. The standard InChI is InChI=1S/C10H17/c1-3-4-10-7-5-9(2)6-8-10/h3,5,10H,4,6-8H2,1-2H3. The van der Waals surface area contributed by atoms with Crippen LogP contribution in [-0.2, 0) is 0 Å². The van der Waals surface area contributed by atoms with Crippen LogP contribution in [0.1, 0.15) is 39.5 Å². The van der Waals surface area contributed by atoms with Gasteiger partial charge in [0, 0.05) is 0 Å². The van der Waals surface area contributed by atoms with Crippen LogP contribution in [0.4, 0.5) is 0 Å². The van der Waals surface area contributed by atoms with Gasteiger partial charge in [0.1, 0.15) is 0 Å². The quantitative estimate of drug-likeness (QED) is 0.512. The molecule has 0 aliphatic heterocycles. The minimum Gasteiger partial charge on any atom is -0.0853 e. The molecule has 0 aromatic heterocycles. The van der Waals surface area contributed by atoms with E-state index in [4.69, 9.17) is 0 Å². The zero-order valence-corrected chi connectivity index (χ0v) is 7.06. The van der Waals surface area contributed by atoms with Crippen molar-refractivity contribution in [2.24, 2.45) is 5.92 Å². The highest BCUT2D eigenvalue weighted by atomic mass is 14.2. The van der Waals surface area contributed by atoms with Gasteiger partial charge in [0.15, 0.2) is 0 Å². The molecule has 1 unspecified atom stereocenters. The molecule has 0 saturated heterocycles. The van der Waals surface area contributed by atoms with Crippen LogP contribution in [0, 0.1) is 12.3 Å². The highest BCUT2D eigenvalue weighted by Crippen LogP contribution is 2.25. The van der Waals surface area contributed by atoms with Gasteiger partial charge in [-0.25, -0.2) is 0 Å². The lowest BCUT2D eigenvalue weighted by Gasteiger charge is -2.18. The van der Waals surface area contributed by atoms with E-state index in [1.807, 2.05) is 0 Å². The zero-order valence-electron chi connectivity index (χ0n) is 7.06. The molecule has 1 aliphatic rings. The Balaban J connectivity index is 2.27. The maximum atomic E-state index is 2.40. The summed E-state index contributed by atoms with van der Waals surface area (Å²) in [6.45, 7) is 4.40.